The summed E-state index contributed by atoms with van der Waals surface area (Å²) in [5, 5.41) is 12.1. The molecule has 0 saturated heterocycles. The normalized spacial score (nSPS) is 16.1. The molecule has 2 N–H and O–H groups in total. The summed E-state index contributed by atoms with van der Waals surface area (Å²) in [4.78, 5) is 17.8. The quantitative estimate of drug-likeness (QED) is 0.284. The van der Waals surface area contributed by atoms with Crippen LogP contribution in [0.15, 0.2) is 48.5 Å². The third-order valence-corrected chi connectivity index (χ3v) is 5.56. The van der Waals surface area contributed by atoms with Crippen molar-refractivity contribution in [1.29, 1.82) is 0 Å². The molecule has 1 heterocycles. The van der Waals surface area contributed by atoms with Crippen LogP contribution in [0.1, 0.15) is 38.7 Å². The highest BCUT2D eigenvalue weighted by molar-refractivity contribution is 5.74. The number of carbonyl (C=O) groups is 1. The van der Waals surface area contributed by atoms with Gasteiger partial charge in [-0.05, 0) is 49.6 Å². The van der Waals surface area contributed by atoms with E-state index in [9.17, 15) is 4.79 Å². The summed E-state index contributed by atoms with van der Waals surface area (Å²) in [5.74, 6) is 0.205. The summed E-state index contributed by atoms with van der Waals surface area (Å²) in [7, 11) is 0. The Kier molecular flexibility index (Phi) is 9.19. The zero-order valence-corrected chi connectivity index (χ0v) is 19.0. The van der Waals surface area contributed by atoms with Gasteiger partial charge in [0, 0.05) is 31.8 Å². The van der Waals surface area contributed by atoms with Crippen LogP contribution in [-0.2, 0) is 20.8 Å². The summed E-state index contributed by atoms with van der Waals surface area (Å²) in [6.45, 7) is 7.10. The van der Waals surface area contributed by atoms with Gasteiger partial charge in [0.15, 0.2) is 6.10 Å². The lowest BCUT2D eigenvalue weighted by molar-refractivity contribution is -0.244. The topological polar surface area (TPSA) is 80.3 Å². The van der Waals surface area contributed by atoms with Crippen molar-refractivity contribution >= 4 is 17.3 Å². The highest BCUT2D eigenvalue weighted by atomic mass is 17.1. The number of para-hydroxylation sites is 2. The Bertz CT molecular complexity index is 842. The van der Waals surface area contributed by atoms with Gasteiger partial charge in [-0.3, -0.25) is 4.89 Å². The highest BCUT2D eigenvalue weighted by Gasteiger charge is 2.24. The van der Waals surface area contributed by atoms with Crippen LogP contribution in [0.4, 0.5) is 11.4 Å². The number of anilines is 2. The Hall–Kier alpha value is -2.77. The van der Waals surface area contributed by atoms with E-state index in [-0.39, 0.29) is 6.10 Å². The van der Waals surface area contributed by atoms with Crippen molar-refractivity contribution in [3.63, 3.8) is 0 Å². The minimum Gasteiger partial charge on any atom is -0.486 e. The molecule has 2 aromatic carbocycles. The summed E-state index contributed by atoms with van der Waals surface area (Å²) >= 11 is 0. The largest absolute Gasteiger partial charge is 0.486 e. The standard InChI is InChI=1S/C25H34N2O5/c1-3-8-21-18-27(22-9-5-6-10-23(22)31-21)16-7-15-26-20-13-11-19(12-14-20)17-24(30-4-2)25(28)32-29/h5-6,9-14,21,24,26,29H,3-4,7-8,15-18H2,1-2H3. The Balaban J connectivity index is 1.48. The van der Waals surface area contributed by atoms with Crippen LogP contribution in [0.5, 0.6) is 5.75 Å². The molecule has 2 unspecified atom stereocenters. The molecule has 0 saturated carbocycles. The van der Waals surface area contributed by atoms with E-state index in [1.807, 2.05) is 30.3 Å². The second-order valence-electron chi connectivity index (χ2n) is 7.98. The van der Waals surface area contributed by atoms with Crippen LogP contribution in [0, 0.1) is 0 Å². The summed E-state index contributed by atoms with van der Waals surface area (Å²) in [6.07, 6.45) is 2.98. The average Bonchev–Trinajstić information content (AvgIpc) is 2.82. The molecule has 0 radical (unpaired) electrons. The van der Waals surface area contributed by atoms with Crippen LogP contribution >= 0.6 is 0 Å². The Morgan fingerprint density at radius 1 is 1.22 bits per heavy atom. The fourth-order valence-electron chi connectivity index (χ4n) is 4.01. The van der Waals surface area contributed by atoms with Gasteiger partial charge in [0.25, 0.3) is 0 Å². The van der Waals surface area contributed by atoms with Crippen LogP contribution in [0.2, 0.25) is 0 Å². The zero-order valence-electron chi connectivity index (χ0n) is 19.0. The third-order valence-electron chi connectivity index (χ3n) is 5.56. The van der Waals surface area contributed by atoms with Crippen LogP contribution < -0.4 is 15.0 Å². The molecular weight excluding hydrogens is 408 g/mol. The smallest absolute Gasteiger partial charge is 0.370 e. The number of fused-ring (bicyclic) bond motifs is 1. The second-order valence-corrected chi connectivity index (χ2v) is 7.98. The molecule has 7 nitrogen and oxygen atoms in total. The fourth-order valence-corrected chi connectivity index (χ4v) is 4.01. The van der Waals surface area contributed by atoms with E-state index in [0.29, 0.717) is 13.0 Å². The first-order valence-electron chi connectivity index (χ1n) is 11.4. The molecule has 0 bridgehead atoms. The number of benzene rings is 2. The number of rotatable bonds is 12. The lowest BCUT2D eigenvalue weighted by Crippen LogP contribution is -2.40. The average molecular weight is 443 g/mol. The molecule has 0 amide bonds. The maximum atomic E-state index is 11.6. The van der Waals surface area contributed by atoms with Crippen molar-refractivity contribution in [3.8, 4) is 5.75 Å². The Morgan fingerprint density at radius 3 is 2.72 bits per heavy atom. The molecule has 2 aromatic rings. The van der Waals surface area contributed by atoms with Gasteiger partial charge in [-0.25, -0.2) is 4.79 Å². The molecule has 0 aromatic heterocycles. The number of hydrogen-bond acceptors (Lipinski definition) is 7. The van der Waals surface area contributed by atoms with Crippen molar-refractivity contribution in [2.24, 2.45) is 0 Å². The van der Waals surface area contributed by atoms with E-state index in [1.165, 1.54) is 5.69 Å². The van der Waals surface area contributed by atoms with Crippen molar-refractivity contribution in [1.82, 2.24) is 0 Å². The summed E-state index contributed by atoms with van der Waals surface area (Å²) in [6, 6.07) is 16.2. The number of nitrogens with one attached hydrogen (secondary N) is 1. The molecule has 0 fully saturated rings. The molecule has 1 aliphatic rings. The molecule has 0 spiro atoms. The van der Waals surface area contributed by atoms with Crippen LogP contribution in [-0.4, -0.2) is 49.7 Å². The predicted octanol–water partition coefficient (Wildman–Crippen LogP) is 4.52. The lowest BCUT2D eigenvalue weighted by atomic mass is 10.1. The van der Waals surface area contributed by atoms with Gasteiger partial charge < -0.3 is 19.7 Å². The van der Waals surface area contributed by atoms with Crippen molar-refractivity contribution in [2.75, 3.05) is 36.5 Å². The molecule has 174 valence electrons. The van der Waals surface area contributed by atoms with Gasteiger partial charge in [0.2, 0.25) is 0 Å². The summed E-state index contributed by atoms with van der Waals surface area (Å²) in [5.41, 5.74) is 3.14. The molecule has 32 heavy (non-hydrogen) atoms. The first-order valence-corrected chi connectivity index (χ1v) is 11.4. The van der Waals surface area contributed by atoms with Gasteiger partial charge in [-0.15, -0.1) is 0 Å². The van der Waals surface area contributed by atoms with E-state index in [1.54, 1.807) is 6.92 Å². The molecular formula is C25H34N2O5. The Morgan fingerprint density at radius 2 is 2.00 bits per heavy atom. The molecule has 3 rings (SSSR count). The van der Waals surface area contributed by atoms with Gasteiger partial charge >= 0.3 is 5.97 Å². The van der Waals surface area contributed by atoms with Gasteiger partial charge in [-0.1, -0.05) is 37.6 Å². The Labute approximate surface area is 190 Å². The SMILES string of the molecule is CCCC1CN(CCCNc2ccc(CC(OCC)C(=O)OO)cc2)c2ccccc2O1. The van der Waals surface area contributed by atoms with Crippen molar-refractivity contribution in [3.05, 3.63) is 54.1 Å². The van der Waals surface area contributed by atoms with Crippen LogP contribution in [0.25, 0.3) is 0 Å². The lowest BCUT2D eigenvalue weighted by Gasteiger charge is -2.36. The first-order chi connectivity index (χ1) is 15.6. The van der Waals surface area contributed by atoms with Gasteiger partial charge in [0.1, 0.15) is 11.9 Å². The van der Waals surface area contributed by atoms with Crippen LogP contribution in [0.3, 0.4) is 0 Å². The van der Waals surface area contributed by atoms with Crippen molar-refractivity contribution < 1.29 is 24.4 Å². The number of ether oxygens (including phenoxy) is 2. The highest BCUT2D eigenvalue weighted by Crippen LogP contribution is 2.34. The third kappa shape index (κ3) is 6.61. The van der Waals surface area contributed by atoms with E-state index in [4.69, 9.17) is 14.7 Å². The molecule has 2 atom stereocenters. The van der Waals surface area contributed by atoms with E-state index in [0.717, 1.165) is 55.9 Å². The van der Waals surface area contributed by atoms with E-state index < -0.39 is 12.1 Å². The summed E-state index contributed by atoms with van der Waals surface area (Å²) < 4.78 is 11.5. The predicted molar refractivity (Wildman–Crippen MR) is 125 cm³/mol. The van der Waals surface area contributed by atoms with Gasteiger partial charge in [-0.2, -0.15) is 5.26 Å². The second kappa shape index (κ2) is 12.3. The monoisotopic (exact) mass is 442 g/mol. The number of nitrogens with zero attached hydrogens (tertiary/aromatic N) is 1. The minimum absolute atomic E-state index is 0.249. The maximum absolute atomic E-state index is 11.6. The molecule has 0 aliphatic carbocycles. The fraction of sp³-hybridized carbons (Fsp3) is 0.480. The number of hydrogen-bond donors (Lipinski definition) is 2. The van der Waals surface area contributed by atoms with Crippen molar-refractivity contribution in [2.45, 2.75) is 51.7 Å². The number of carbonyl (C=O) groups excluding carboxylic acids is 1. The first kappa shape index (κ1) is 23.9. The maximum Gasteiger partial charge on any atom is 0.370 e. The van der Waals surface area contributed by atoms with E-state index >= 15 is 0 Å². The molecule has 1 aliphatic heterocycles. The van der Waals surface area contributed by atoms with Gasteiger partial charge in [0.05, 0.1) is 12.2 Å². The zero-order chi connectivity index (χ0) is 22.8. The molecule has 7 heteroatoms. The minimum atomic E-state index is -0.809. The van der Waals surface area contributed by atoms with E-state index in [2.05, 4.69) is 40.2 Å².